The van der Waals surface area contributed by atoms with Crippen molar-refractivity contribution in [3.63, 3.8) is 0 Å². The molecule has 0 spiro atoms. The van der Waals surface area contributed by atoms with Crippen LogP contribution in [0, 0.1) is 6.92 Å². The highest BCUT2D eigenvalue weighted by atomic mass is 16.5. The van der Waals surface area contributed by atoms with Crippen molar-refractivity contribution in [1.29, 1.82) is 0 Å². The van der Waals surface area contributed by atoms with Crippen LogP contribution in [-0.2, 0) is 0 Å². The van der Waals surface area contributed by atoms with Gasteiger partial charge in [-0.1, -0.05) is 35.5 Å². The zero-order valence-electron chi connectivity index (χ0n) is 15.9. The third-order valence-corrected chi connectivity index (χ3v) is 4.67. The summed E-state index contributed by atoms with van der Waals surface area (Å²) in [5.41, 5.74) is 5.06. The van der Waals surface area contributed by atoms with E-state index in [1.54, 1.807) is 11.6 Å². The van der Waals surface area contributed by atoms with Gasteiger partial charge in [-0.05, 0) is 37.3 Å². The Bertz CT molecular complexity index is 1290. The summed E-state index contributed by atoms with van der Waals surface area (Å²) >= 11 is 0. The minimum atomic E-state index is 0.349. The van der Waals surface area contributed by atoms with Gasteiger partial charge in [0.25, 0.3) is 5.89 Å². The van der Waals surface area contributed by atoms with Crippen molar-refractivity contribution < 1.29 is 9.26 Å². The maximum atomic E-state index is 5.45. The van der Waals surface area contributed by atoms with Gasteiger partial charge in [0.1, 0.15) is 5.75 Å². The Labute approximate surface area is 166 Å². The summed E-state index contributed by atoms with van der Waals surface area (Å²) in [7, 11) is 1.63. The van der Waals surface area contributed by atoms with E-state index in [1.807, 2.05) is 73.7 Å². The Kier molecular flexibility index (Phi) is 4.05. The summed E-state index contributed by atoms with van der Waals surface area (Å²) in [5, 5.41) is 8.67. The molecule has 0 amide bonds. The molecule has 7 heteroatoms. The number of aromatic nitrogens is 5. The van der Waals surface area contributed by atoms with Crippen LogP contribution < -0.4 is 4.74 Å². The highest BCUT2D eigenvalue weighted by molar-refractivity contribution is 5.65. The monoisotopic (exact) mass is 383 g/mol. The van der Waals surface area contributed by atoms with Gasteiger partial charge in [0.05, 0.1) is 12.8 Å². The average Bonchev–Trinajstić information content (AvgIpc) is 3.42. The smallest absolute Gasteiger partial charge is 0.278 e. The average molecular weight is 383 g/mol. The number of hydrogen-bond acceptors (Lipinski definition) is 6. The molecule has 3 aromatic heterocycles. The number of nitrogens with zero attached hydrogens (tertiary/aromatic N) is 5. The molecule has 0 aliphatic heterocycles. The summed E-state index contributed by atoms with van der Waals surface area (Å²) in [4.78, 5) is 9.22. The first-order valence-corrected chi connectivity index (χ1v) is 9.12. The van der Waals surface area contributed by atoms with Crippen molar-refractivity contribution >= 4 is 5.65 Å². The third-order valence-electron chi connectivity index (χ3n) is 4.67. The van der Waals surface area contributed by atoms with Crippen LogP contribution >= 0.6 is 0 Å². The molecular formula is C22H17N5O2. The molecule has 2 aromatic carbocycles. The second-order valence-electron chi connectivity index (χ2n) is 6.60. The van der Waals surface area contributed by atoms with E-state index < -0.39 is 0 Å². The first kappa shape index (κ1) is 17.1. The summed E-state index contributed by atoms with van der Waals surface area (Å²) < 4.78 is 12.4. The second-order valence-corrected chi connectivity index (χ2v) is 6.60. The maximum absolute atomic E-state index is 5.45. The lowest BCUT2D eigenvalue weighted by molar-refractivity contribution is 0.414. The van der Waals surface area contributed by atoms with Crippen molar-refractivity contribution in [1.82, 2.24) is 24.7 Å². The van der Waals surface area contributed by atoms with Crippen LogP contribution in [0.4, 0.5) is 0 Å². The van der Waals surface area contributed by atoms with Gasteiger partial charge >= 0.3 is 0 Å². The Balaban J connectivity index is 1.52. The van der Waals surface area contributed by atoms with E-state index >= 15 is 0 Å². The van der Waals surface area contributed by atoms with Crippen molar-refractivity contribution in [2.24, 2.45) is 0 Å². The Morgan fingerprint density at radius 3 is 2.41 bits per heavy atom. The van der Waals surface area contributed by atoms with Gasteiger partial charge in [-0.25, -0.2) is 9.50 Å². The molecule has 29 heavy (non-hydrogen) atoms. The molecule has 5 rings (SSSR count). The molecule has 7 nitrogen and oxygen atoms in total. The third kappa shape index (κ3) is 3.12. The molecular weight excluding hydrogens is 366 g/mol. The van der Waals surface area contributed by atoms with Crippen LogP contribution in [0.2, 0.25) is 0 Å². The molecule has 5 aromatic rings. The number of fused-ring (bicyclic) bond motifs is 1. The maximum Gasteiger partial charge on any atom is 0.278 e. The summed E-state index contributed by atoms with van der Waals surface area (Å²) in [6, 6.07) is 21.4. The quantitative estimate of drug-likeness (QED) is 0.457. The minimum Gasteiger partial charge on any atom is -0.497 e. The lowest BCUT2D eigenvalue weighted by atomic mass is 10.1. The Morgan fingerprint density at radius 2 is 1.66 bits per heavy atom. The molecule has 0 N–H and O–H groups in total. The van der Waals surface area contributed by atoms with Gasteiger partial charge in [-0.15, -0.1) is 0 Å². The molecule has 0 aliphatic carbocycles. The van der Waals surface area contributed by atoms with Crippen LogP contribution in [0.15, 0.2) is 71.3 Å². The highest BCUT2D eigenvalue weighted by Gasteiger charge is 2.16. The van der Waals surface area contributed by atoms with Gasteiger partial charge in [0, 0.05) is 22.9 Å². The number of benzene rings is 2. The number of rotatable bonds is 4. The molecule has 0 radical (unpaired) electrons. The van der Waals surface area contributed by atoms with E-state index in [0.717, 1.165) is 33.9 Å². The summed E-state index contributed by atoms with van der Waals surface area (Å²) in [5.74, 6) is 1.62. The molecule has 0 bridgehead atoms. The first-order valence-electron chi connectivity index (χ1n) is 9.12. The summed E-state index contributed by atoms with van der Waals surface area (Å²) in [6.07, 6.45) is 0. The molecule has 0 aliphatic rings. The van der Waals surface area contributed by atoms with Gasteiger partial charge in [0.2, 0.25) is 5.82 Å². The molecule has 0 atom stereocenters. The normalized spacial score (nSPS) is 11.1. The number of aryl methyl sites for hydroxylation is 1. The lowest BCUT2D eigenvalue weighted by Gasteiger charge is -2.04. The zero-order valence-corrected chi connectivity index (χ0v) is 15.9. The van der Waals surface area contributed by atoms with E-state index in [-0.39, 0.29) is 0 Å². The fourth-order valence-corrected chi connectivity index (χ4v) is 3.17. The predicted molar refractivity (Wildman–Crippen MR) is 108 cm³/mol. The van der Waals surface area contributed by atoms with Gasteiger partial charge in [-0.2, -0.15) is 10.1 Å². The molecule has 0 fully saturated rings. The zero-order chi connectivity index (χ0) is 19.8. The molecule has 3 heterocycles. The molecule has 0 saturated carbocycles. The van der Waals surface area contributed by atoms with E-state index in [4.69, 9.17) is 14.2 Å². The van der Waals surface area contributed by atoms with E-state index in [9.17, 15) is 0 Å². The van der Waals surface area contributed by atoms with Crippen molar-refractivity contribution in [2.75, 3.05) is 7.11 Å². The number of methoxy groups -OCH3 is 1. The standard InChI is InChI=1S/C22H17N5O2/c1-14-12-18(15-6-4-3-5-7-15)23-20-13-19(25-27(14)20)22-24-21(26-29-22)16-8-10-17(28-2)11-9-16/h3-13H,1-2H3. The summed E-state index contributed by atoms with van der Waals surface area (Å²) in [6.45, 7) is 1.99. The second kappa shape index (κ2) is 6.87. The fourth-order valence-electron chi connectivity index (χ4n) is 3.17. The van der Waals surface area contributed by atoms with Crippen molar-refractivity contribution in [2.45, 2.75) is 6.92 Å². The number of hydrogen-bond donors (Lipinski definition) is 0. The lowest BCUT2D eigenvalue weighted by Crippen LogP contribution is -1.97. The van der Waals surface area contributed by atoms with Crippen molar-refractivity contribution in [3.8, 4) is 40.0 Å². The Hall–Kier alpha value is -4.00. The molecule has 0 saturated heterocycles. The largest absolute Gasteiger partial charge is 0.497 e. The van der Waals surface area contributed by atoms with Gasteiger partial charge < -0.3 is 9.26 Å². The van der Waals surface area contributed by atoms with E-state index in [2.05, 4.69) is 15.2 Å². The fraction of sp³-hybridized carbons (Fsp3) is 0.0909. The minimum absolute atomic E-state index is 0.349. The van der Waals surface area contributed by atoms with Crippen molar-refractivity contribution in [3.05, 3.63) is 72.4 Å². The Morgan fingerprint density at radius 1 is 0.862 bits per heavy atom. The van der Waals surface area contributed by atoms with Crippen LogP contribution in [-0.4, -0.2) is 31.8 Å². The number of ether oxygens (including phenoxy) is 1. The van der Waals surface area contributed by atoms with E-state index in [1.165, 1.54) is 0 Å². The van der Waals surface area contributed by atoms with Crippen LogP contribution in [0.5, 0.6) is 5.75 Å². The predicted octanol–water partition coefficient (Wildman–Crippen LogP) is 4.43. The first-order chi connectivity index (χ1) is 14.2. The van der Waals surface area contributed by atoms with Gasteiger partial charge in [-0.3, -0.25) is 0 Å². The van der Waals surface area contributed by atoms with Crippen LogP contribution in [0.1, 0.15) is 5.69 Å². The topological polar surface area (TPSA) is 78.3 Å². The van der Waals surface area contributed by atoms with Crippen LogP contribution in [0.3, 0.4) is 0 Å². The van der Waals surface area contributed by atoms with Crippen LogP contribution in [0.25, 0.3) is 39.9 Å². The SMILES string of the molecule is COc1ccc(-c2noc(-c3cc4nc(-c5ccccc5)cc(C)n4n3)n2)cc1. The molecule has 142 valence electrons. The van der Waals surface area contributed by atoms with E-state index in [0.29, 0.717) is 17.4 Å². The van der Waals surface area contributed by atoms with Gasteiger partial charge in [0.15, 0.2) is 11.3 Å². The molecule has 0 unspecified atom stereocenters. The highest BCUT2D eigenvalue weighted by Crippen LogP contribution is 2.25.